The van der Waals surface area contributed by atoms with Gasteiger partial charge in [-0.25, -0.2) is 0 Å². The van der Waals surface area contributed by atoms with Gasteiger partial charge in [-0.2, -0.15) is 0 Å². The van der Waals surface area contributed by atoms with Crippen LogP contribution in [0.3, 0.4) is 0 Å². The van der Waals surface area contributed by atoms with Crippen molar-refractivity contribution in [2.75, 3.05) is 13.6 Å². The Labute approximate surface area is 112 Å². The molecule has 0 aromatic heterocycles. The maximum absolute atomic E-state index is 10.3. The molecule has 0 saturated heterocycles. The highest BCUT2D eigenvalue weighted by Crippen LogP contribution is 2.22. The van der Waals surface area contributed by atoms with Crippen LogP contribution in [0.4, 0.5) is 0 Å². The number of hydrogen-bond acceptors (Lipinski definition) is 2. The second-order valence-electron chi connectivity index (χ2n) is 5.91. The molecule has 0 radical (unpaired) electrons. The molecule has 1 unspecified atom stereocenters. The number of nitrogens with zero attached hydrogens (tertiary/aromatic N) is 1. The van der Waals surface area contributed by atoms with Crippen molar-refractivity contribution < 1.29 is 5.11 Å². The van der Waals surface area contributed by atoms with Crippen molar-refractivity contribution in [3.63, 3.8) is 0 Å². The molecule has 1 N–H and O–H groups in total. The van der Waals surface area contributed by atoms with E-state index >= 15 is 0 Å². The fourth-order valence-corrected chi connectivity index (χ4v) is 1.85. The summed E-state index contributed by atoms with van der Waals surface area (Å²) in [7, 11) is 2.08. The van der Waals surface area contributed by atoms with Crippen molar-refractivity contribution in [2.45, 2.75) is 52.7 Å². The summed E-state index contributed by atoms with van der Waals surface area (Å²) in [6.07, 6.45) is 0.656. The average Bonchev–Trinajstić information content (AvgIpc) is 2.32. The fraction of sp³-hybridized carbons (Fsp3) is 0.625. The van der Waals surface area contributed by atoms with Gasteiger partial charge in [0.2, 0.25) is 0 Å². The highest BCUT2D eigenvalue weighted by molar-refractivity contribution is 5.31. The van der Waals surface area contributed by atoms with E-state index in [-0.39, 0.29) is 5.54 Å². The molecule has 18 heavy (non-hydrogen) atoms. The minimum atomic E-state index is -0.417. The third kappa shape index (κ3) is 3.56. The van der Waals surface area contributed by atoms with Gasteiger partial charge in [0.1, 0.15) is 0 Å². The van der Waals surface area contributed by atoms with Crippen LogP contribution in [-0.2, 0) is 0 Å². The maximum Gasteiger partial charge on any atom is 0.0917 e. The Morgan fingerprint density at radius 2 is 1.83 bits per heavy atom. The first-order valence-corrected chi connectivity index (χ1v) is 6.74. The number of aliphatic hydroxyl groups is 1. The molecule has 2 nitrogen and oxygen atoms in total. The Kier molecular flexibility index (Phi) is 4.94. The zero-order valence-electron chi connectivity index (χ0n) is 12.6. The van der Waals surface area contributed by atoms with Crippen molar-refractivity contribution in [3.05, 3.63) is 34.9 Å². The average molecular weight is 249 g/mol. The molecule has 0 aliphatic heterocycles. The number of aryl methyl sites for hydroxylation is 2. The highest BCUT2D eigenvalue weighted by atomic mass is 16.3. The summed E-state index contributed by atoms with van der Waals surface area (Å²) in [6, 6.07) is 6.20. The van der Waals surface area contributed by atoms with Crippen molar-refractivity contribution >= 4 is 0 Å². The molecular formula is C16H27NO. The second kappa shape index (κ2) is 5.85. The molecule has 2 heteroatoms. The predicted molar refractivity (Wildman–Crippen MR) is 77.9 cm³/mol. The predicted octanol–water partition coefficient (Wildman–Crippen LogP) is 3.46. The smallest absolute Gasteiger partial charge is 0.0917 e. The van der Waals surface area contributed by atoms with Gasteiger partial charge in [-0.05, 0) is 57.9 Å². The van der Waals surface area contributed by atoms with Gasteiger partial charge in [0.15, 0.2) is 0 Å². The first-order chi connectivity index (χ1) is 8.27. The lowest BCUT2D eigenvalue weighted by molar-refractivity contribution is 0.0686. The second-order valence-corrected chi connectivity index (χ2v) is 5.91. The van der Waals surface area contributed by atoms with Gasteiger partial charge in [0.05, 0.1) is 6.10 Å². The van der Waals surface area contributed by atoms with Gasteiger partial charge >= 0.3 is 0 Å². The molecule has 0 bridgehead atoms. The zero-order valence-corrected chi connectivity index (χ0v) is 12.6. The van der Waals surface area contributed by atoms with Crippen LogP contribution in [0.1, 0.15) is 50.0 Å². The standard InChI is InChI=1S/C16H27NO/c1-7-16(4,5)17(6)11-15(18)14-9-8-12(2)13(3)10-14/h8-10,15,18H,7,11H2,1-6H3. The van der Waals surface area contributed by atoms with Gasteiger partial charge < -0.3 is 5.11 Å². The number of benzene rings is 1. The summed E-state index contributed by atoms with van der Waals surface area (Å²) in [5, 5.41) is 10.3. The summed E-state index contributed by atoms with van der Waals surface area (Å²) in [6.45, 7) is 11.4. The number of aliphatic hydroxyl groups excluding tert-OH is 1. The fourth-order valence-electron chi connectivity index (χ4n) is 1.85. The highest BCUT2D eigenvalue weighted by Gasteiger charge is 2.23. The van der Waals surface area contributed by atoms with E-state index in [1.807, 2.05) is 6.07 Å². The summed E-state index contributed by atoms with van der Waals surface area (Å²) >= 11 is 0. The maximum atomic E-state index is 10.3. The third-order valence-corrected chi connectivity index (χ3v) is 4.26. The van der Waals surface area contributed by atoms with Gasteiger partial charge in [0, 0.05) is 12.1 Å². The van der Waals surface area contributed by atoms with Crippen molar-refractivity contribution in [2.24, 2.45) is 0 Å². The summed E-state index contributed by atoms with van der Waals surface area (Å²) in [5.74, 6) is 0. The van der Waals surface area contributed by atoms with Gasteiger partial charge in [-0.1, -0.05) is 25.1 Å². The molecule has 102 valence electrons. The van der Waals surface area contributed by atoms with Crippen LogP contribution in [0.5, 0.6) is 0 Å². The largest absolute Gasteiger partial charge is 0.387 e. The first-order valence-electron chi connectivity index (χ1n) is 6.74. The molecule has 1 atom stereocenters. The molecule has 0 amide bonds. The van der Waals surface area contributed by atoms with Gasteiger partial charge in [0.25, 0.3) is 0 Å². The van der Waals surface area contributed by atoms with Crippen molar-refractivity contribution in [3.8, 4) is 0 Å². The number of β-amino-alcohol motifs (C(OH)–C–C–N with tert-alkyl or cyclic N) is 1. The van der Waals surface area contributed by atoms with E-state index in [2.05, 4.69) is 58.7 Å². The van der Waals surface area contributed by atoms with Crippen LogP contribution in [0.25, 0.3) is 0 Å². The van der Waals surface area contributed by atoms with Gasteiger partial charge in [-0.15, -0.1) is 0 Å². The van der Waals surface area contributed by atoms with Crippen LogP contribution in [0.15, 0.2) is 18.2 Å². The third-order valence-electron chi connectivity index (χ3n) is 4.26. The Morgan fingerprint density at radius 1 is 1.22 bits per heavy atom. The molecule has 1 rings (SSSR count). The zero-order chi connectivity index (χ0) is 13.9. The lowest BCUT2D eigenvalue weighted by atomic mass is 9.97. The Hall–Kier alpha value is -0.860. The number of likely N-dealkylation sites (N-methyl/N-ethyl adjacent to an activating group) is 1. The molecule has 0 aliphatic carbocycles. The van der Waals surface area contributed by atoms with E-state index in [9.17, 15) is 5.11 Å². The van der Waals surface area contributed by atoms with E-state index in [0.717, 1.165) is 12.0 Å². The lowest BCUT2D eigenvalue weighted by Gasteiger charge is -2.36. The van der Waals surface area contributed by atoms with Crippen molar-refractivity contribution in [1.82, 2.24) is 4.90 Å². The van der Waals surface area contributed by atoms with Crippen LogP contribution < -0.4 is 0 Å². The van der Waals surface area contributed by atoms with E-state index in [0.29, 0.717) is 6.54 Å². The molecule has 1 aromatic carbocycles. The van der Waals surface area contributed by atoms with E-state index in [1.165, 1.54) is 11.1 Å². The van der Waals surface area contributed by atoms with Crippen molar-refractivity contribution in [1.29, 1.82) is 0 Å². The van der Waals surface area contributed by atoms with E-state index in [1.54, 1.807) is 0 Å². The quantitative estimate of drug-likeness (QED) is 0.864. The summed E-state index contributed by atoms with van der Waals surface area (Å²) < 4.78 is 0. The minimum absolute atomic E-state index is 0.126. The van der Waals surface area contributed by atoms with E-state index < -0.39 is 6.10 Å². The topological polar surface area (TPSA) is 23.5 Å². The number of rotatable bonds is 5. The normalized spacial score (nSPS) is 14.0. The lowest BCUT2D eigenvalue weighted by Crippen LogP contribution is -2.42. The molecule has 0 aliphatic rings. The Bertz CT molecular complexity index is 398. The Balaban J connectivity index is 2.76. The molecule has 0 fully saturated rings. The van der Waals surface area contributed by atoms with Crippen LogP contribution in [0.2, 0.25) is 0 Å². The minimum Gasteiger partial charge on any atom is -0.387 e. The van der Waals surface area contributed by atoms with Crippen LogP contribution in [0, 0.1) is 13.8 Å². The molecule has 0 saturated carbocycles. The Morgan fingerprint density at radius 3 is 2.33 bits per heavy atom. The molecule has 0 spiro atoms. The van der Waals surface area contributed by atoms with Crippen LogP contribution >= 0.6 is 0 Å². The molecule has 1 aromatic rings. The molecular weight excluding hydrogens is 222 g/mol. The first kappa shape index (κ1) is 15.2. The number of hydrogen-bond donors (Lipinski definition) is 1. The monoisotopic (exact) mass is 249 g/mol. The SMILES string of the molecule is CCC(C)(C)N(C)CC(O)c1ccc(C)c(C)c1. The summed E-state index contributed by atoms with van der Waals surface area (Å²) in [4.78, 5) is 2.23. The van der Waals surface area contributed by atoms with Crippen LogP contribution in [-0.4, -0.2) is 29.1 Å². The van der Waals surface area contributed by atoms with E-state index in [4.69, 9.17) is 0 Å². The van der Waals surface area contributed by atoms with Gasteiger partial charge in [-0.3, -0.25) is 4.90 Å². The summed E-state index contributed by atoms with van der Waals surface area (Å²) in [5.41, 5.74) is 3.65. The molecule has 0 heterocycles.